The van der Waals surface area contributed by atoms with E-state index in [0.29, 0.717) is 0 Å². The zero-order valence-electron chi connectivity index (χ0n) is 8.32. The molecule has 7 nitrogen and oxygen atoms in total. The highest BCUT2D eigenvalue weighted by Crippen LogP contribution is 2.26. The van der Waals surface area contributed by atoms with Crippen LogP contribution in [-0.2, 0) is 9.84 Å². The van der Waals surface area contributed by atoms with Crippen LogP contribution in [0.5, 0.6) is 0 Å². The van der Waals surface area contributed by atoms with Crippen LogP contribution >= 0.6 is 0 Å². The molecule has 1 aromatic carbocycles. The first-order chi connectivity index (χ1) is 7.26. The van der Waals surface area contributed by atoms with E-state index in [9.17, 15) is 18.5 Å². The molecule has 1 atom stereocenters. The number of nitrogen functional groups attached to an aromatic ring is 1. The van der Waals surface area contributed by atoms with Crippen molar-refractivity contribution < 1.29 is 18.4 Å². The summed E-state index contributed by atoms with van der Waals surface area (Å²) in [6.07, 6.45) is 0. The average Bonchev–Trinajstić information content (AvgIpc) is 2.17. The van der Waals surface area contributed by atoms with Crippen LogP contribution in [0.15, 0.2) is 23.1 Å². The number of nitrogens with two attached hydrogens (primary N) is 1. The summed E-state index contributed by atoms with van der Waals surface area (Å²) in [6.45, 7) is 1.05. The Bertz CT molecular complexity index is 523. The predicted molar refractivity (Wildman–Crippen MR) is 56.4 cm³/mol. The van der Waals surface area contributed by atoms with Gasteiger partial charge in [0.1, 0.15) is 0 Å². The lowest BCUT2D eigenvalue weighted by Crippen LogP contribution is -2.18. The van der Waals surface area contributed by atoms with Crippen LogP contribution < -0.4 is 5.73 Å². The number of hydrogen-bond acceptors (Lipinski definition) is 6. The molecule has 8 heteroatoms. The van der Waals surface area contributed by atoms with E-state index >= 15 is 0 Å². The van der Waals surface area contributed by atoms with Crippen molar-refractivity contribution in [2.75, 3.05) is 5.73 Å². The Morgan fingerprint density at radius 3 is 2.50 bits per heavy atom. The summed E-state index contributed by atoms with van der Waals surface area (Å²) in [6, 6.07) is 3.04. The number of hydrogen-bond donors (Lipinski definition) is 2. The monoisotopic (exact) mass is 246 g/mol. The second-order valence-electron chi connectivity index (χ2n) is 3.12. The molecule has 0 fully saturated rings. The van der Waals surface area contributed by atoms with E-state index in [1.807, 2.05) is 0 Å². The second-order valence-corrected chi connectivity index (χ2v) is 5.34. The number of non-ortho nitro benzene ring substituents is 1. The van der Waals surface area contributed by atoms with Crippen molar-refractivity contribution >= 4 is 21.2 Å². The predicted octanol–water partition coefficient (Wildman–Crippen LogP) is 0.289. The molecule has 0 amide bonds. The van der Waals surface area contributed by atoms with Gasteiger partial charge in [-0.15, -0.1) is 0 Å². The summed E-state index contributed by atoms with van der Waals surface area (Å²) in [5.41, 5.74) is 3.20. The van der Waals surface area contributed by atoms with Crippen LogP contribution in [0.25, 0.3) is 0 Å². The number of nitro groups is 1. The van der Waals surface area contributed by atoms with Gasteiger partial charge in [-0.25, -0.2) is 8.42 Å². The number of benzene rings is 1. The molecule has 0 bridgehead atoms. The number of rotatable bonds is 3. The third-order valence-corrected chi connectivity index (χ3v) is 3.83. The molecule has 0 aliphatic heterocycles. The van der Waals surface area contributed by atoms with E-state index in [1.54, 1.807) is 0 Å². The fraction of sp³-hybridized carbons (Fsp3) is 0.250. The van der Waals surface area contributed by atoms with Crippen molar-refractivity contribution in [3.8, 4) is 0 Å². The third kappa shape index (κ3) is 2.12. The van der Waals surface area contributed by atoms with Gasteiger partial charge < -0.3 is 10.8 Å². The SMILES string of the molecule is CC(O)S(=O)(=O)c1cc([N+](=O)[O-])ccc1N. The highest BCUT2D eigenvalue weighted by atomic mass is 32.2. The molecule has 0 aromatic heterocycles. The van der Waals surface area contributed by atoms with Gasteiger partial charge in [0.05, 0.1) is 15.5 Å². The van der Waals surface area contributed by atoms with Crippen LogP contribution in [0, 0.1) is 10.1 Å². The number of nitro benzene ring substituents is 1. The number of anilines is 1. The van der Waals surface area contributed by atoms with Crippen LogP contribution in [0.1, 0.15) is 6.92 Å². The maximum atomic E-state index is 11.6. The molecule has 0 spiro atoms. The molecule has 0 aliphatic carbocycles. The van der Waals surface area contributed by atoms with Gasteiger partial charge in [-0.3, -0.25) is 10.1 Å². The lowest BCUT2D eigenvalue weighted by molar-refractivity contribution is -0.385. The van der Waals surface area contributed by atoms with Gasteiger partial charge >= 0.3 is 0 Å². The molecule has 3 N–H and O–H groups in total. The summed E-state index contributed by atoms with van der Waals surface area (Å²) in [5.74, 6) is 0. The van der Waals surface area contributed by atoms with Gasteiger partial charge in [0, 0.05) is 12.1 Å². The quantitative estimate of drug-likeness (QED) is 0.448. The van der Waals surface area contributed by atoms with Crippen molar-refractivity contribution in [3.05, 3.63) is 28.3 Å². The molecular weight excluding hydrogens is 236 g/mol. The van der Waals surface area contributed by atoms with Crippen molar-refractivity contribution in [2.24, 2.45) is 0 Å². The zero-order valence-corrected chi connectivity index (χ0v) is 9.14. The standard InChI is InChI=1S/C8H10N2O5S/c1-5(11)16(14,15)8-4-6(10(12)13)2-3-7(8)9/h2-5,11H,9H2,1H3. The van der Waals surface area contributed by atoms with Crippen molar-refractivity contribution in [1.29, 1.82) is 0 Å². The summed E-state index contributed by atoms with van der Waals surface area (Å²) in [4.78, 5) is 9.30. The molecule has 0 radical (unpaired) electrons. The Morgan fingerprint density at radius 2 is 2.06 bits per heavy atom. The van der Waals surface area contributed by atoms with E-state index in [4.69, 9.17) is 10.8 Å². The summed E-state index contributed by atoms with van der Waals surface area (Å²) >= 11 is 0. The average molecular weight is 246 g/mol. The second kappa shape index (κ2) is 4.06. The number of aliphatic hydroxyl groups is 1. The van der Waals surface area contributed by atoms with E-state index in [-0.39, 0.29) is 5.69 Å². The first-order valence-corrected chi connectivity index (χ1v) is 5.77. The minimum Gasteiger partial charge on any atom is -0.398 e. The van der Waals surface area contributed by atoms with Crippen molar-refractivity contribution in [1.82, 2.24) is 0 Å². The third-order valence-electron chi connectivity index (χ3n) is 1.96. The Balaban J connectivity index is 3.45. The van der Waals surface area contributed by atoms with E-state index < -0.39 is 30.8 Å². The lowest BCUT2D eigenvalue weighted by atomic mass is 10.3. The smallest absolute Gasteiger partial charge is 0.270 e. The topological polar surface area (TPSA) is 124 Å². The summed E-state index contributed by atoms with van der Waals surface area (Å²) < 4.78 is 23.2. The van der Waals surface area contributed by atoms with Gasteiger partial charge in [-0.1, -0.05) is 0 Å². The molecule has 0 heterocycles. The van der Waals surface area contributed by atoms with Crippen molar-refractivity contribution in [3.63, 3.8) is 0 Å². The van der Waals surface area contributed by atoms with Gasteiger partial charge in [-0.05, 0) is 13.0 Å². The maximum Gasteiger partial charge on any atom is 0.270 e. The highest BCUT2D eigenvalue weighted by molar-refractivity contribution is 7.92. The van der Waals surface area contributed by atoms with Crippen LogP contribution in [0.4, 0.5) is 11.4 Å². The first-order valence-electron chi connectivity index (χ1n) is 4.22. The molecule has 1 aromatic rings. The van der Waals surface area contributed by atoms with Crippen LogP contribution in [0.3, 0.4) is 0 Å². The molecule has 88 valence electrons. The normalized spacial score (nSPS) is 13.4. The molecule has 0 saturated carbocycles. The molecular formula is C8H10N2O5S. The highest BCUT2D eigenvalue weighted by Gasteiger charge is 2.25. The number of sulfone groups is 1. The molecule has 0 aliphatic rings. The Hall–Kier alpha value is -1.67. The Kier molecular flexibility index (Phi) is 3.15. The molecule has 0 saturated heterocycles. The zero-order chi connectivity index (χ0) is 12.5. The largest absolute Gasteiger partial charge is 0.398 e. The minimum atomic E-state index is -4.04. The Labute approximate surface area is 91.6 Å². The molecule has 1 unspecified atom stereocenters. The van der Waals surface area contributed by atoms with Crippen molar-refractivity contribution in [2.45, 2.75) is 17.3 Å². The lowest BCUT2D eigenvalue weighted by Gasteiger charge is -2.09. The van der Waals surface area contributed by atoms with E-state index in [0.717, 1.165) is 25.1 Å². The maximum absolute atomic E-state index is 11.6. The van der Waals surface area contributed by atoms with Crippen LogP contribution in [0.2, 0.25) is 0 Å². The molecule has 16 heavy (non-hydrogen) atoms. The van der Waals surface area contributed by atoms with Crippen LogP contribution in [-0.4, -0.2) is 23.9 Å². The summed E-state index contributed by atoms with van der Waals surface area (Å²) in [5, 5.41) is 19.5. The van der Waals surface area contributed by atoms with Gasteiger partial charge in [0.15, 0.2) is 5.44 Å². The molecule has 1 rings (SSSR count). The Morgan fingerprint density at radius 1 is 1.50 bits per heavy atom. The number of aliphatic hydroxyl groups excluding tert-OH is 1. The van der Waals surface area contributed by atoms with E-state index in [2.05, 4.69) is 0 Å². The fourth-order valence-corrected chi connectivity index (χ4v) is 2.12. The van der Waals surface area contributed by atoms with Gasteiger partial charge in [0.25, 0.3) is 5.69 Å². The minimum absolute atomic E-state index is 0.133. The van der Waals surface area contributed by atoms with E-state index in [1.165, 1.54) is 0 Å². The fourth-order valence-electron chi connectivity index (χ4n) is 1.07. The van der Waals surface area contributed by atoms with Gasteiger partial charge in [-0.2, -0.15) is 0 Å². The summed E-state index contributed by atoms with van der Waals surface area (Å²) in [7, 11) is -4.04. The number of nitrogens with zero attached hydrogens (tertiary/aromatic N) is 1. The van der Waals surface area contributed by atoms with Gasteiger partial charge in [0.2, 0.25) is 9.84 Å². The first kappa shape index (κ1) is 12.4.